The zero-order chi connectivity index (χ0) is 13.4. The van der Waals surface area contributed by atoms with Crippen LogP contribution in [0.25, 0.3) is 5.69 Å². The number of hydrogen-bond donors (Lipinski definition) is 3. The van der Waals surface area contributed by atoms with Crippen LogP contribution in [0.15, 0.2) is 40.6 Å². The van der Waals surface area contributed by atoms with Gasteiger partial charge >= 0.3 is 0 Å². The van der Waals surface area contributed by atoms with Gasteiger partial charge in [0.2, 0.25) is 0 Å². The van der Waals surface area contributed by atoms with Crippen molar-refractivity contribution < 1.29 is 0 Å². The van der Waals surface area contributed by atoms with E-state index >= 15 is 0 Å². The standard InChI is InChI=1S/C11H11ClN6S/c1-17-10(14-15-16-17)7-6-13-18(11(7)19)9-5-3-2-4-8(9)12/h2-6,15-16,19H,1H3. The molecule has 2 N–H and O–H groups in total. The monoisotopic (exact) mass is 294 g/mol. The van der Waals surface area contributed by atoms with Gasteiger partial charge in [-0.1, -0.05) is 23.7 Å². The van der Waals surface area contributed by atoms with E-state index in [9.17, 15) is 0 Å². The van der Waals surface area contributed by atoms with E-state index in [-0.39, 0.29) is 0 Å². The molecule has 2 heterocycles. The number of thiol groups is 1. The third kappa shape index (κ3) is 2.05. The van der Waals surface area contributed by atoms with E-state index in [1.807, 2.05) is 31.3 Å². The molecule has 98 valence electrons. The molecule has 8 heteroatoms. The Morgan fingerprint density at radius 3 is 2.79 bits per heavy atom. The van der Waals surface area contributed by atoms with Crippen LogP contribution in [0.4, 0.5) is 0 Å². The molecule has 0 amide bonds. The maximum absolute atomic E-state index is 6.17. The molecule has 1 aliphatic heterocycles. The molecule has 19 heavy (non-hydrogen) atoms. The molecule has 2 aromatic rings. The Labute approximate surface area is 120 Å². The van der Waals surface area contributed by atoms with Gasteiger partial charge in [0.05, 0.1) is 22.5 Å². The van der Waals surface area contributed by atoms with Gasteiger partial charge in [0.25, 0.3) is 0 Å². The van der Waals surface area contributed by atoms with Crippen molar-refractivity contribution in [2.75, 3.05) is 7.05 Å². The molecule has 0 saturated carbocycles. The van der Waals surface area contributed by atoms with E-state index in [4.69, 9.17) is 11.6 Å². The lowest BCUT2D eigenvalue weighted by Gasteiger charge is -2.11. The van der Waals surface area contributed by atoms with Crippen molar-refractivity contribution in [3.63, 3.8) is 0 Å². The third-order valence-electron chi connectivity index (χ3n) is 2.76. The summed E-state index contributed by atoms with van der Waals surface area (Å²) in [6, 6.07) is 7.47. The number of hydrogen-bond acceptors (Lipinski definition) is 6. The van der Waals surface area contributed by atoms with Crippen molar-refractivity contribution in [2.24, 2.45) is 5.10 Å². The fraction of sp³-hybridized carbons (Fsp3) is 0.0909. The largest absolute Gasteiger partial charge is 0.274 e. The number of nitrogens with one attached hydrogen (secondary N) is 2. The van der Waals surface area contributed by atoms with Gasteiger partial charge < -0.3 is 0 Å². The Hall–Kier alpha value is -1.70. The van der Waals surface area contributed by atoms with Crippen molar-refractivity contribution in [1.82, 2.24) is 25.9 Å². The minimum atomic E-state index is 0.616. The number of benzene rings is 1. The van der Waals surface area contributed by atoms with Crippen LogP contribution in [-0.2, 0) is 0 Å². The van der Waals surface area contributed by atoms with Crippen LogP contribution in [0, 0.1) is 0 Å². The highest BCUT2D eigenvalue weighted by Crippen LogP contribution is 2.25. The van der Waals surface area contributed by atoms with E-state index in [2.05, 4.69) is 33.9 Å². The SMILES string of the molecule is CN1NNN=C1c1cnn(-c2ccccc2Cl)c1S. The fourth-order valence-corrected chi connectivity index (χ4v) is 2.35. The topological polar surface area (TPSA) is 57.5 Å². The molecular formula is C11H11ClN6S. The van der Waals surface area contributed by atoms with Gasteiger partial charge in [-0.3, -0.25) is 5.01 Å². The average Bonchev–Trinajstić information content (AvgIpc) is 2.96. The Bertz CT molecular complexity index is 652. The van der Waals surface area contributed by atoms with Gasteiger partial charge in [-0.2, -0.15) is 5.10 Å². The van der Waals surface area contributed by atoms with Crippen molar-refractivity contribution in [3.05, 3.63) is 41.0 Å². The molecule has 1 aromatic heterocycles. The molecule has 0 bridgehead atoms. The molecule has 0 fully saturated rings. The number of aromatic nitrogens is 2. The molecule has 0 atom stereocenters. The lowest BCUT2D eigenvalue weighted by atomic mass is 10.3. The third-order valence-corrected chi connectivity index (χ3v) is 3.51. The van der Waals surface area contributed by atoms with Crippen molar-refractivity contribution in [3.8, 4) is 5.69 Å². The molecule has 0 unspecified atom stereocenters. The first-order valence-electron chi connectivity index (χ1n) is 5.53. The second kappa shape index (κ2) is 4.76. The number of para-hydroxylation sites is 1. The number of nitrogens with zero attached hydrogens (tertiary/aromatic N) is 4. The lowest BCUT2D eigenvalue weighted by molar-refractivity contribution is 0.348. The normalized spacial score (nSPS) is 14.5. The first-order valence-corrected chi connectivity index (χ1v) is 6.35. The van der Waals surface area contributed by atoms with E-state index in [1.54, 1.807) is 15.9 Å². The summed E-state index contributed by atoms with van der Waals surface area (Å²) in [6.07, 6.45) is 1.70. The highest BCUT2D eigenvalue weighted by atomic mass is 35.5. The molecule has 6 nitrogen and oxygen atoms in total. The van der Waals surface area contributed by atoms with Crippen molar-refractivity contribution >= 4 is 30.1 Å². The van der Waals surface area contributed by atoms with E-state index in [0.29, 0.717) is 15.9 Å². The second-order valence-corrected chi connectivity index (χ2v) is 4.79. The Balaban J connectivity index is 2.07. The molecule has 0 radical (unpaired) electrons. The molecule has 0 aliphatic carbocycles. The molecule has 3 rings (SSSR count). The Kier molecular flexibility index (Phi) is 3.09. The van der Waals surface area contributed by atoms with Crippen LogP contribution in [0.3, 0.4) is 0 Å². The number of amidine groups is 1. The Morgan fingerprint density at radius 2 is 2.11 bits per heavy atom. The molecule has 0 saturated heterocycles. The number of halogens is 1. The quantitative estimate of drug-likeness (QED) is 0.734. The second-order valence-electron chi connectivity index (χ2n) is 3.96. The Morgan fingerprint density at radius 1 is 1.32 bits per heavy atom. The van der Waals surface area contributed by atoms with Crippen LogP contribution in [0.1, 0.15) is 5.56 Å². The number of rotatable bonds is 2. The summed E-state index contributed by atoms with van der Waals surface area (Å²) in [7, 11) is 1.85. The maximum Gasteiger partial charge on any atom is 0.177 e. The highest BCUT2D eigenvalue weighted by molar-refractivity contribution is 7.80. The summed E-state index contributed by atoms with van der Waals surface area (Å²) in [4.78, 5) is 0. The predicted octanol–water partition coefficient (Wildman–Crippen LogP) is 1.43. The summed E-state index contributed by atoms with van der Waals surface area (Å²) < 4.78 is 1.68. The zero-order valence-corrected chi connectivity index (χ0v) is 11.7. The molecular weight excluding hydrogens is 284 g/mol. The minimum Gasteiger partial charge on any atom is -0.274 e. The molecule has 1 aliphatic rings. The van der Waals surface area contributed by atoms with E-state index < -0.39 is 0 Å². The van der Waals surface area contributed by atoms with Gasteiger partial charge in [0, 0.05) is 7.05 Å². The highest BCUT2D eigenvalue weighted by Gasteiger charge is 2.21. The smallest absolute Gasteiger partial charge is 0.177 e. The first kappa shape index (κ1) is 12.3. The van der Waals surface area contributed by atoms with E-state index in [0.717, 1.165) is 11.3 Å². The van der Waals surface area contributed by atoms with Crippen LogP contribution < -0.4 is 11.1 Å². The van der Waals surface area contributed by atoms with Crippen LogP contribution in [0.2, 0.25) is 5.02 Å². The van der Waals surface area contributed by atoms with E-state index in [1.165, 1.54) is 0 Å². The molecule has 0 spiro atoms. The first-order chi connectivity index (χ1) is 9.18. The van der Waals surface area contributed by atoms with Crippen molar-refractivity contribution in [1.29, 1.82) is 0 Å². The summed E-state index contributed by atoms with van der Waals surface area (Å²) in [5.41, 5.74) is 7.10. The predicted molar refractivity (Wildman–Crippen MR) is 76.4 cm³/mol. The van der Waals surface area contributed by atoms with Crippen LogP contribution in [-0.4, -0.2) is 27.7 Å². The summed E-state index contributed by atoms with van der Waals surface area (Å²) in [6.45, 7) is 0. The van der Waals surface area contributed by atoms with Crippen molar-refractivity contribution in [2.45, 2.75) is 5.03 Å². The van der Waals surface area contributed by atoms with Gasteiger partial charge in [0.1, 0.15) is 5.03 Å². The zero-order valence-electron chi connectivity index (χ0n) is 10.0. The molecule has 1 aromatic carbocycles. The number of hydrazine groups is 2. The fourth-order valence-electron chi connectivity index (χ4n) is 1.82. The summed E-state index contributed by atoms with van der Waals surface area (Å²) >= 11 is 10.7. The lowest BCUT2D eigenvalue weighted by Crippen LogP contribution is -2.37. The number of hydrazone groups is 1. The van der Waals surface area contributed by atoms with Crippen LogP contribution in [0.5, 0.6) is 0 Å². The maximum atomic E-state index is 6.17. The van der Waals surface area contributed by atoms with Gasteiger partial charge in [-0.05, 0) is 12.1 Å². The van der Waals surface area contributed by atoms with Gasteiger partial charge in [0.15, 0.2) is 5.84 Å². The van der Waals surface area contributed by atoms with Gasteiger partial charge in [-0.15, -0.1) is 23.3 Å². The minimum absolute atomic E-state index is 0.616. The summed E-state index contributed by atoms with van der Waals surface area (Å²) in [5.74, 6) is 0.711. The van der Waals surface area contributed by atoms with Gasteiger partial charge in [-0.25, -0.2) is 10.2 Å². The average molecular weight is 295 g/mol. The summed E-state index contributed by atoms with van der Waals surface area (Å²) in [5, 5.41) is 11.5. The van der Waals surface area contributed by atoms with Crippen LogP contribution >= 0.6 is 24.2 Å².